The third kappa shape index (κ3) is 2.30. The number of carbonyl (C=O) groups excluding carboxylic acids is 1. The van der Waals surface area contributed by atoms with Crippen LogP contribution in [0.2, 0.25) is 0 Å². The molecule has 0 spiro atoms. The van der Waals surface area contributed by atoms with Crippen molar-refractivity contribution in [1.29, 1.82) is 0 Å². The van der Waals surface area contributed by atoms with E-state index in [1.54, 1.807) is 4.90 Å². The fourth-order valence-electron chi connectivity index (χ4n) is 3.29. The minimum absolute atomic E-state index is 0.0220. The Balaban J connectivity index is 2.09. The van der Waals surface area contributed by atoms with Crippen molar-refractivity contribution in [3.8, 4) is 0 Å². The average molecular weight is 268 g/mol. The van der Waals surface area contributed by atoms with Gasteiger partial charge < -0.3 is 14.9 Å². The summed E-state index contributed by atoms with van der Waals surface area (Å²) >= 11 is 0. The molecule has 0 bridgehead atoms. The van der Waals surface area contributed by atoms with Gasteiger partial charge in [-0.25, -0.2) is 4.79 Å². The molecule has 108 valence electrons. The van der Waals surface area contributed by atoms with E-state index in [2.05, 4.69) is 6.92 Å². The number of urea groups is 1. The molecule has 2 heterocycles. The van der Waals surface area contributed by atoms with Gasteiger partial charge in [0, 0.05) is 25.7 Å². The van der Waals surface area contributed by atoms with Crippen LogP contribution in [0.3, 0.4) is 0 Å². The molecule has 0 aromatic rings. The Morgan fingerprint density at radius 3 is 2.42 bits per heavy atom. The molecule has 2 rings (SSSR count). The predicted octanol–water partition coefficient (Wildman–Crippen LogP) is 2.02. The molecule has 2 amide bonds. The highest BCUT2D eigenvalue weighted by atomic mass is 16.4. The van der Waals surface area contributed by atoms with Crippen LogP contribution >= 0.6 is 0 Å². The van der Waals surface area contributed by atoms with E-state index in [0.717, 1.165) is 19.4 Å². The molecule has 1 N–H and O–H groups in total. The Kier molecular flexibility index (Phi) is 3.74. The second-order valence-electron chi connectivity index (χ2n) is 6.25. The zero-order valence-electron chi connectivity index (χ0n) is 12.1. The van der Waals surface area contributed by atoms with E-state index >= 15 is 0 Å². The van der Waals surface area contributed by atoms with E-state index in [0.29, 0.717) is 19.5 Å². The molecule has 2 saturated heterocycles. The molecule has 5 nitrogen and oxygen atoms in total. The minimum atomic E-state index is -0.771. The van der Waals surface area contributed by atoms with Crippen molar-refractivity contribution < 1.29 is 14.7 Å². The largest absolute Gasteiger partial charge is 0.481 e. The molecule has 2 atom stereocenters. The van der Waals surface area contributed by atoms with E-state index in [9.17, 15) is 14.7 Å². The van der Waals surface area contributed by atoms with Crippen molar-refractivity contribution in [3.63, 3.8) is 0 Å². The van der Waals surface area contributed by atoms with Crippen molar-refractivity contribution in [1.82, 2.24) is 9.80 Å². The van der Waals surface area contributed by atoms with E-state index in [-0.39, 0.29) is 18.0 Å². The van der Waals surface area contributed by atoms with Crippen LogP contribution in [0.15, 0.2) is 0 Å². The standard InChI is InChI=1S/C14H24N2O3/c1-10(2)14(12(17)18)6-8-15(9-14)13(19)16-7-4-5-11(16)3/h10-11H,4-9H2,1-3H3,(H,17,18). The zero-order valence-corrected chi connectivity index (χ0v) is 12.1. The van der Waals surface area contributed by atoms with Crippen LogP contribution in [0.4, 0.5) is 4.79 Å². The number of amides is 2. The van der Waals surface area contributed by atoms with Crippen molar-refractivity contribution in [2.24, 2.45) is 11.3 Å². The van der Waals surface area contributed by atoms with Gasteiger partial charge in [0.15, 0.2) is 0 Å². The normalized spacial score (nSPS) is 31.3. The molecule has 5 heteroatoms. The van der Waals surface area contributed by atoms with E-state index in [1.807, 2.05) is 18.7 Å². The van der Waals surface area contributed by atoms with Gasteiger partial charge in [0.1, 0.15) is 0 Å². The van der Waals surface area contributed by atoms with Gasteiger partial charge in [-0.2, -0.15) is 0 Å². The predicted molar refractivity (Wildman–Crippen MR) is 71.9 cm³/mol. The topological polar surface area (TPSA) is 60.9 Å². The number of carbonyl (C=O) groups is 2. The van der Waals surface area contributed by atoms with Gasteiger partial charge in [-0.05, 0) is 32.1 Å². The molecular formula is C14H24N2O3. The maximum absolute atomic E-state index is 12.4. The Morgan fingerprint density at radius 2 is 2.00 bits per heavy atom. The summed E-state index contributed by atoms with van der Waals surface area (Å²) < 4.78 is 0. The number of aliphatic carboxylic acids is 1. The zero-order chi connectivity index (χ0) is 14.2. The number of hydrogen-bond donors (Lipinski definition) is 1. The Morgan fingerprint density at radius 1 is 1.32 bits per heavy atom. The highest BCUT2D eigenvalue weighted by Gasteiger charge is 2.49. The molecule has 2 unspecified atom stereocenters. The van der Waals surface area contributed by atoms with Crippen LogP contribution in [0.1, 0.15) is 40.0 Å². The van der Waals surface area contributed by atoms with Crippen molar-refractivity contribution in [3.05, 3.63) is 0 Å². The lowest BCUT2D eigenvalue weighted by atomic mass is 9.76. The third-order valence-corrected chi connectivity index (χ3v) is 4.90. The van der Waals surface area contributed by atoms with Gasteiger partial charge in [0.25, 0.3) is 0 Å². The molecule has 0 aromatic heterocycles. The number of carboxylic acids is 1. The van der Waals surface area contributed by atoms with Crippen LogP contribution in [0, 0.1) is 11.3 Å². The summed E-state index contributed by atoms with van der Waals surface area (Å²) in [7, 11) is 0. The summed E-state index contributed by atoms with van der Waals surface area (Å²) in [5.41, 5.74) is -0.765. The molecular weight excluding hydrogens is 244 g/mol. The lowest BCUT2D eigenvalue weighted by Crippen LogP contribution is -2.46. The minimum Gasteiger partial charge on any atom is -0.481 e. The molecule has 0 aromatic carbocycles. The van der Waals surface area contributed by atoms with Crippen molar-refractivity contribution in [2.45, 2.75) is 46.1 Å². The van der Waals surface area contributed by atoms with Crippen molar-refractivity contribution >= 4 is 12.0 Å². The summed E-state index contributed by atoms with van der Waals surface area (Å²) in [6, 6.07) is 0.306. The number of hydrogen-bond acceptors (Lipinski definition) is 2. The van der Waals surface area contributed by atoms with Gasteiger partial charge in [0.05, 0.1) is 5.41 Å². The van der Waals surface area contributed by atoms with Gasteiger partial charge in [-0.3, -0.25) is 4.79 Å². The highest BCUT2D eigenvalue weighted by molar-refractivity contribution is 5.80. The van der Waals surface area contributed by atoms with Crippen LogP contribution in [-0.2, 0) is 4.79 Å². The first-order chi connectivity index (χ1) is 8.88. The second kappa shape index (κ2) is 5.02. The fraction of sp³-hybridized carbons (Fsp3) is 0.857. The number of nitrogens with zero attached hydrogens (tertiary/aromatic N) is 2. The summed E-state index contributed by atoms with van der Waals surface area (Å²) in [4.78, 5) is 27.6. The van der Waals surface area contributed by atoms with E-state index < -0.39 is 11.4 Å². The number of likely N-dealkylation sites (tertiary alicyclic amines) is 2. The highest BCUT2D eigenvalue weighted by Crippen LogP contribution is 2.38. The Hall–Kier alpha value is -1.26. The summed E-state index contributed by atoms with van der Waals surface area (Å²) in [5, 5.41) is 9.50. The average Bonchev–Trinajstić information content (AvgIpc) is 2.94. The third-order valence-electron chi connectivity index (χ3n) is 4.90. The molecule has 2 aliphatic rings. The Labute approximate surface area is 114 Å². The first-order valence-electron chi connectivity index (χ1n) is 7.17. The van der Waals surface area contributed by atoms with Gasteiger partial charge in [-0.15, -0.1) is 0 Å². The maximum atomic E-state index is 12.4. The molecule has 0 radical (unpaired) electrons. The maximum Gasteiger partial charge on any atom is 0.320 e. The summed E-state index contributed by atoms with van der Waals surface area (Å²) in [5.74, 6) is -0.730. The van der Waals surface area contributed by atoms with Gasteiger partial charge in [0.2, 0.25) is 0 Å². The lowest BCUT2D eigenvalue weighted by molar-refractivity contribution is -0.150. The first-order valence-corrected chi connectivity index (χ1v) is 7.17. The van der Waals surface area contributed by atoms with E-state index in [4.69, 9.17) is 0 Å². The molecule has 2 fully saturated rings. The van der Waals surface area contributed by atoms with Crippen LogP contribution < -0.4 is 0 Å². The van der Waals surface area contributed by atoms with E-state index in [1.165, 1.54) is 0 Å². The smallest absolute Gasteiger partial charge is 0.320 e. The van der Waals surface area contributed by atoms with Crippen LogP contribution in [-0.4, -0.2) is 52.6 Å². The molecule has 0 saturated carbocycles. The Bertz CT molecular complexity index is 383. The second-order valence-corrected chi connectivity index (χ2v) is 6.25. The first kappa shape index (κ1) is 14.2. The molecule has 19 heavy (non-hydrogen) atoms. The lowest BCUT2D eigenvalue weighted by Gasteiger charge is -2.31. The summed E-state index contributed by atoms with van der Waals surface area (Å²) in [6.45, 7) is 7.64. The monoisotopic (exact) mass is 268 g/mol. The molecule has 2 aliphatic heterocycles. The van der Waals surface area contributed by atoms with Gasteiger partial charge in [-0.1, -0.05) is 13.8 Å². The van der Waals surface area contributed by atoms with Crippen LogP contribution in [0.5, 0.6) is 0 Å². The number of rotatable bonds is 2. The van der Waals surface area contributed by atoms with Gasteiger partial charge >= 0.3 is 12.0 Å². The molecule has 0 aliphatic carbocycles. The summed E-state index contributed by atoms with van der Waals surface area (Å²) in [6.07, 6.45) is 2.66. The quantitative estimate of drug-likeness (QED) is 0.833. The van der Waals surface area contributed by atoms with Crippen LogP contribution in [0.25, 0.3) is 0 Å². The fourth-order valence-corrected chi connectivity index (χ4v) is 3.29. The number of carboxylic acid groups (broad SMARTS) is 1. The van der Waals surface area contributed by atoms with Crippen molar-refractivity contribution in [2.75, 3.05) is 19.6 Å². The SMILES string of the molecule is CC1CCCN1C(=O)N1CCC(C(=O)O)(C(C)C)C1.